The summed E-state index contributed by atoms with van der Waals surface area (Å²) < 4.78 is 0. The number of aromatic nitrogens is 1. The minimum atomic E-state index is 0. The van der Waals surface area contributed by atoms with Gasteiger partial charge in [0.2, 0.25) is 5.91 Å². The van der Waals surface area contributed by atoms with Gasteiger partial charge in [0, 0.05) is 38.6 Å². The van der Waals surface area contributed by atoms with Crippen molar-refractivity contribution in [1.29, 1.82) is 0 Å². The van der Waals surface area contributed by atoms with Gasteiger partial charge in [0.1, 0.15) is 0 Å². The van der Waals surface area contributed by atoms with Crippen molar-refractivity contribution in [2.45, 2.75) is 19.4 Å². The van der Waals surface area contributed by atoms with Crippen molar-refractivity contribution in [3.63, 3.8) is 0 Å². The van der Waals surface area contributed by atoms with E-state index >= 15 is 0 Å². The van der Waals surface area contributed by atoms with Crippen molar-refractivity contribution in [3.05, 3.63) is 30.1 Å². The third-order valence-corrected chi connectivity index (χ3v) is 3.48. The molecule has 112 valence electrons. The van der Waals surface area contributed by atoms with Gasteiger partial charge in [-0.15, -0.1) is 12.4 Å². The van der Waals surface area contributed by atoms with Crippen molar-refractivity contribution in [2.75, 3.05) is 26.2 Å². The van der Waals surface area contributed by atoms with Crippen LogP contribution in [0.3, 0.4) is 0 Å². The Bertz CT molecular complexity index is 401. The van der Waals surface area contributed by atoms with Gasteiger partial charge in [-0.3, -0.25) is 14.7 Å². The van der Waals surface area contributed by atoms with Crippen molar-refractivity contribution in [1.82, 2.24) is 15.2 Å². The van der Waals surface area contributed by atoms with Gasteiger partial charge in [0.25, 0.3) is 0 Å². The fourth-order valence-electron chi connectivity index (χ4n) is 2.50. The van der Waals surface area contributed by atoms with Crippen molar-refractivity contribution >= 4 is 18.3 Å². The Morgan fingerprint density at radius 3 is 2.90 bits per heavy atom. The summed E-state index contributed by atoms with van der Waals surface area (Å²) in [5, 5.41) is 2.89. The molecule has 0 aliphatic carbocycles. The van der Waals surface area contributed by atoms with E-state index in [1.807, 2.05) is 24.5 Å². The second-order valence-corrected chi connectivity index (χ2v) is 5.01. The Morgan fingerprint density at radius 1 is 1.45 bits per heavy atom. The van der Waals surface area contributed by atoms with E-state index in [9.17, 15) is 4.79 Å². The summed E-state index contributed by atoms with van der Waals surface area (Å²) in [6.45, 7) is 3.85. The molecule has 1 aromatic rings. The lowest BCUT2D eigenvalue weighted by Crippen LogP contribution is -2.43. The van der Waals surface area contributed by atoms with Crippen LogP contribution in [0.1, 0.15) is 18.4 Å². The molecule has 1 atom stereocenters. The van der Waals surface area contributed by atoms with E-state index in [0.29, 0.717) is 13.1 Å². The van der Waals surface area contributed by atoms with Crippen LogP contribution < -0.4 is 11.1 Å². The SMILES string of the molecule is Cl.NCCNC(=O)C1CCCN(Cc2ccncc2)C1. The third-order valence-electron chi connectivity index (χ3n) is 3.48. The summed E-state index contributed by atoms with van der Waals surface area (Å²) in [5.74, 6) is 0.243. The summed E-state index contributed by atoms with van der Waals surface area (Å²) in [6.07, 6.45) is 5.67. The van der Waals surface area contributed by atoms with Gasteiger partial charge < -0.3 is 11.1 Å². The zero-order chi connectivity index (χ0) is 13.5. The topological polar surface area (TPSA) is 71.2 Å². The first-order chi connectivity index (χ1) is 9.29. The second-order valence-electron chi connectivity index (χ2n) is 5.01. The zero-order valence-electron chi connectivity index (χ0n) is 11.6. The first kappa shape index (κ1) is 16.9. The monoisotopic (exact) mass is 298 g/mol. The van der Waals surface area contributed by atoms with Crippen LogP contribution in [0.4, 0.5) is 0 Å². The van der Waals surface area contributed by atoms with Crippen LogP contribution in [-0.4, -0.2) is 42.0 Å². The van der Waals surface area contributed by atoms with Gasteiger partial charge in [0.15, 0.2) is 0 Å². The van der Waals surface area contributed by atoms with Crippen LogP contribution >= 0.6 is 12.4 Å². The number of nitrogens with one attached hydrogen (secondary N) is 1. The minimum Gasteiger partial charge on any atom is -0.355 e. The molecular formula is C14H23ClN4O. The van der Waals surface area contributed by atoms with Crippen LogP contribution in [0.5, 0.6) is 0 Å². The highest BCUT2D eigenvalue weighted by Gasteiger charge is 2.25. The van der Waals surface area contributed by atoms with E-state index in [1.165, 1.54) is 5.56 Å². The highest BCUT2D eigenvalue weighted by atomic mass is 35.5. The number of piperidine rings is 1. The molecule has 1 aromatic heterocycles. The Labute approximate surface area is 126 Å². The molecule has 6 heteroatoms. The van der Waals surface area contributed by atoms with Gasteiger partial charge in [0.05, 0.1) is 5.92 Å². The first-order valence-corrected chi connectivity index (χ1v) is 6.88. The van der Waals surface area contributed by atoms with Gasteiger partial charge in [-0.05, 0) is 37.1 Å². The number of amides is 1. The van der Waals surface area contributed by atoms with Crippen LogP contribution in [0, 0.1) is 5.92 Å². The van der Waals surface area contributed by atoms with E-state index in [1.54, 1.807) is 0 Å². The normalized spacial score (nSPS) is 19.1. The summed E-state index contributed by atoms with van der Waals surface area (Å²) in [5.41, 5.74) is 6.65. The van der Waals surface area contributed by atoms with Gasteiger partial charge in [-0.1, -0.05) is 0 Å². The number of carbonyl (C=O) groups is 1. The quantitative estimate of drug-likeness (QED) is 0.843. The zero-order valence-corrected chi connectivity index (χ0v) is 12.4. The van der Waals surface area contributed by atoms with E-state index in [4.69, 9.17) is 5.73 Å². The fourth-order valence-corrected chi connectivity index (χ4v) is 2.50. The molecule has 0 aromatic carbocycles. The standard InChI is InChI=1S/C14H22N4O.ClH/c15-5-8-17-14(19)13-2-1-9-18(11-13)10-12-3-6-16-7-4-12;/h3-4,6-7,13H,1-2,5,8-11,15H2,(H,17,19);1H. The summed E-state index contributed by atoms with van der Waals surface area (Å²) in [7, 11) is 0. The van der Waals surface area contributed by atoms with E-state index in [0.717, 1.165) is 32.5 Å². The Kier molecular flexibility index (Phi) is 7.51. The molecule has 3 N–H and O–H groups in total. The highest BCUT2D eigenvalue weighted by molar-refractivity contribution is 5.85. The van der Waals surface area contributed by atoms with Crippen molar-refractivity contribution < 1.29 is 4.79 Å². The lowest BCUT2D eigenvalue weighted by atomic mass is 9.96. The molecule has 1 fully saturated rings. The largest absolute Gasteiger partial charge is 0.355 e. The van der Waals surface area contributed by atoms with Gasteiger partial charge in [-0.25, -0.2) is 0 Å². The lowest BCUT2D eigenvalue weighted by molar-refractivity contribution is -0.126. The molecule has 1 aliphatic heterocycles. The molecule has 1 saturated heterocycles. The van der Waals surface area contributed by atoms with Crippen LogP contribution in [0.2, 0.25) is 0 Å². The van der Waals surface area contributed by atoms with Crippen LogP contribution in [-0.2, 0) is 11.3 Å². The van der Waals surface area contributed by atoms with E-state index in [2.05, 4.69) is 15.2 Å². The molecule has 2 rings (SSSR count). The minimum absolute atomic E-state index is 0. The molecule has 0 saturated carbocycles. The molecule has 2 heterocycles. The Morgan fingerprint density at radius 2 is 2.20 bits per heavy atom. The number of halogens is 1. The van der Waals surface area contributed by atoms with Crippen molar-refractivity contribution in [3.8, 4) is 0 Å². The van der Waals surface area contributed by atoms with Crippen molar-refractivity contribution in [2.24, 2.45) is 11.7 Å². The molecule has 20 heavy (non-hydrogen) atoms. The molecule has 0 bridgehead atoms. The molecule has 1 unspecified atom stereocenters. The first-order valence-electron chi connectivity index (χ1n) is 6.88. The molecule has 5 nitrogen and oxygen atoms in total. The van der Waals surface area contributed by atoms with Gasteiger partial charge >= 0.3 is 0 Å². The number of likely N-dealkylation sites (tertiary alicyclic amines) is 1. The number of nitrogens with zero attached hydrogens (tertiary/aromatic N) is 2. The molecular weight excluding hydrogens is 276 g/mol. The number of pyridine rings is 1. The number of carbonyl (C=O) groups excluding carboxylic acids is 1. The number of nitrogens with two attached hydrogens (primary N) is 1. The smallest absolute Gasteiger partial charge is 0.224 e. The average Bonchev–Trinajstić information content (AvgIpc) is 2.46. The average molecular weight is 299 g/mol. The molecule has 0 radical (unpaired) electrons. The molecule has 1 amide bonds. The maximum Gasteiger partial charge on any atom is 0.224 e. The Balaban J connectivity index is 0.00000200. The summed E-state index contributed by atoms with van der Waals surface area (Å²) in [6, 6.07) is 4.05. The lowest BCUT2D eigenvalue weighted by Gasteiger charge is -2.32. The fraction of sp³-hybridized carbons (Fsp3) is 0.571. The van der Waals surface area contributed by atoms with Crippen LogP contribution in [0.15, 0.2) is 24.5 Å². The third kappa shape index (κ3) is 5.07. The summed E-state index contributed by atoms with van der Waals surface area (Å²) in [4.78, 5) is 18.3. The predicted molar refractivity (Wildman–Crippen MR) is 81.6 cm³/mol. The number of hydrogen-bond donors (Lipinski definition) is 2. The maximum absolute atomic E-state index is 12.0. The molecule has 1 aliphatic rings. The Hall–Kier alpha value is -1.17. The predicted octanol–water partition coefficient (Wildman–Crippen LogP) is 0.790. The number of hydrogen-bond acceptors (Lipinski definition) is 4. The van der Waals surface area contributed by atoms with Gasteiger partial charge in [-0.2, -0.15) is 0 Å². The highest BCUT2D eigenvalue weighted by Crippen LogP contribution is 2.18. The maximum atomic E-state index is 12.0. The summed E-state index contributed by atoms with van der Waals surface area (Å²) >= 11 is 0. The van der Waals surface area contributed by atoms with E-state index in [-0.39, 0.29) is 24.2 Å². The second kappa shape index (κ2) is 8.89. The van der Waals surface area contributed by atoms with E-state index < -0.39 is 0 Å². The van der Waals surface area contributed by atoms with Crippen LogP contribution in [0.25, 0.3) is 0 Å². The molecule has 0 spiro atoms. The number of rotatable bonds is 5.